The second-order valence-corrected chi connectivity index (χ2v) is 4.39. The molecule has 4 N–H and O–H groups in total. The van der Waals surface area contributed by atoms with Crippen LogP contribution in [0.4, 0.5) is 5.69 Å². The molecule has 0 aliphatic carbocycles. The Morgan fingerprint density at radius 2 is 2.31 bits per heavy atom. The first-order valence-electron chi connectivity index (χ1n) is 5.10. The Bertz CT molecular complexity index is 379. The molecule has 0 heterocycles. The Balaban J connectivity index is 2.41. The molecule has 1 aromatic carbocycles. The van der Waals surface area contributed by atoms with Crippen LogP contribution in [0, 0.1) is 6.92 Å². The zero-order valence-electron chi connectivity index (χ0n) is 9.20. The van der Waals surface area contributed by atoms with Gasteiger partial charge in [-0.25, -0.2) is 0 Å². The third kappa shape index (κ3) is 3.73. The Morgan fingerprint density at radius 1 is 1.56 bits per heavy atom. The van der Waals surface area contributed by atoms with Gasteiger partial charge in [0, 0.05) is 23.1 Å². The van der Waals surface area contributed by atoms with Gasteiger partial charge >= 0.3 is 0 Å². The summed E-state index contributed by atoms with van der Waals surface area (Å²) in [5.41, 5.74) is 7.66. The molecule has 1 aromatic rings. The number of rotatable bonds is 5. The maximum absolute atomic E-state index is 8.37. The highest BCUT2D eigenvalue weighted by Gasteiger charge is 2.00. The van der Waals surface area contributed by atoms with Crippen LogP contribution in [0.25, 0.3) is 0 Å². The Kier molecular flexibility index (Phi) is 5.11. The second kappa shape index (κ2) is 6.37. The van der Waals surface area contributed by atoms with Gasteiger partial charge in [0.05, 0.1) is 0 Å². The molecule has 5 heteroatoms. The molecule has 4 nitrogen and oxygen atoms in total. The molecule has 0 fully saturated rings. The summed E-state index contributed by atoms with van der Waals surface area (Å²) in [5.74, 6) is 0.271. The van der Waals surface area contributed by atoms with Gasteiger partial charge in [-0.1, -0.05) is 27.2 Å². The van der Waals surface area contributed by atoms with E-state index in [1.54, 1.807) is 0 Å². The van der Waals surface area contributed by atoms with Crippen LogP contribution in [0.5, 0.6) is 0 Å². The van der Waals surface area contributed by atoms with E-state index in [-0.39, 0.29) is 5.84 Å². The summed E-state index contributed by atoms with van der Waals surface area (Å²) < 4.78 is 1.09. The van der Waals surface area contributed by atoms with E-state index in [1.165, 1.54) is 5.56 Å². The fourth-order valence-electron chi connectivity index (χ4n) is 1.34. The predicted molar refractivity (Wildman–Crippen MR) is 70.0 cm³/mol. The molecule has 0 aromatic heterocycles. The number of anilines is 1. The first-order chi connectivity index (χ1) is 7.65. The number of amidine groups is 1. The van der Waals surface area contributed by atoms with E-state index in [1.807, 2.05) is 18.2 Å². The minimum absolute atomic E-state index is 0.271. The average Bonchev–Trinajstić information content (AvgIpc) is 2.29. The molecule has 0 radical (unpaired) electrons. The summed E-state index contributed by atoms with van der Waals surface area (Å²) in [6.45, 7) is 2.85. The molecule has 0 unspecified atom stereocenters. The SMILES string of the molecule is Cc1c(Br)cccc1NCCC/C(N)=N/O. The summed E-state index contributed by atoms with van der Waals surface area (Å²) >= 11 is 3.48. The van der Waals surface area contributed by atoms with Gasteiger partial charge in [-0.3, -0.25) is 0 Å². The van der Waals surface area contributed by atoms with Gasteiger partial charge in [0.15, 0.2) is 0 Å². The van der Waals surface area contributed by atoms with Crippen molar-refractivity contribution in [1.82, 2.24) is 0 Å². The summed E-state index contributed by atoms with van der Waals surface area (Å²) in [5, 5.41) is 14.6. The third-order valence-electron chi connectivity index (χ3n) is 2.32. The van der Waals surface area contributed by atoms with Crippen molar-refractivity contribution >= 4 is 27.5 Å². The zero-order chi connectivity index (χ0) is 12.0. The number of benzene rings is 1. The normalized spacial score (nSPS) is 11.5. The van der Waals surface area contributed by atoms with Crippen molar-refractivity contribution in [3.63, 3.8) is 0 Å². The molecule has 0 atom stereocenters. The van der Waals surface area contributed by atoms with E-state index in [0.29, 0.717) is 6.42 Å². The molecule has 0 spiro atoms. The van der Waals surface area contributed by atoms with Gasteiger partial charge in [0.25, 0.3) is 0 Å². The molecule has 0 saturated carbocycles. The molecule has 0 saturated heterocycles. The maximum atomic E-state index is 8.37. The zero-order valence-corrected chi connectivity index (χ0v) is 10.8. The van der Waals surface area contributed by atoms with Gasteiger partial charge < -0.3 is 16.3 Å². The molecule has 0 aliphatic heterocycles. The van der Waals surface area contributed by atoms with Crippen LogP contribution in [0.2, 0.25) is 0 Å². The van der Waals surface area contributed by atoms with Gasteiger partial charge in [-0.05, 0) is 31.0 Å². The van der Waals surface area contributed by atoms with Gasteiger partial charge in [-0.15, -0.1) is 0 Å². The smallest absolute Gasteiger partial charge is 0.139 e. The van der Waals surface area contributed by atoms with Gasteiger partial charge in [0.1, 0.15) is 5.84 Å². The van der Waals surface area contributed by atoms with E-state index < -0.39 is 0 Å². The first kappa shape index (κ1) is 12.8. The predicted octanol–water partition coefficient (Wildman–Crippen LogP) is 2.70. The minimum Gasteiger partial charge on any atom is -0.409 e. The van der Waals surface area contributed by atoms with Crippen LogP contribution in [-0.2, 0) is 0 Å². The van der Waals surface area contributed by atoms with Crippen molar-refractivity contribution < 1.29 is 5.21 Å². The standard InChI is InChI=1S/C11H16BrN3O/c1-8-9(12)4-2-5-10(8)14-7-3-6-11(13)15-16/h2,4-5,14,16H,3,6-7H2,1H3,(H2,13,15). The minimum atomic E-state index is 0.271. The van der Waals surface area contributed by atoms with Crippen LogP contribution < -0.4 is 11.1 Å². The maximum Gasteiger partial charge on any atom is 0.139 e. The highest BCUT2D eigenvalue weighted by molar-refractivity contribution is 9.10. The Labute approximate surface area is 104 Å². The van der Waals surface area contributed by atoms with Crippen LogP contribution >= 0.6 is 15.9 Å². The van der Waals surface area contributed by atoms with Gasteiger partial charge in [-0.2, -0.15) is 0 Å². The molecule has 0 bridgehead atoms. The van der Waals surface area contributed by atoms with Crippen LogP contribution in [0.15, 0.2) is 27.8 Å². The second-order valence-electron chi connectivity index (χ2n) is 3.53. The fourth-order valence-corrected chi connectivity index (χ4v) is 1.71. The molecule has 88 valence electrons. The van der Waals surface area contributed by atoms with Crippen LogP contribution in [-0.4, -0.2) is 17.6 Å². The summed E-state index contributed by atoms with van der Waals surface area (Å²) in [6.07, 6.45) is 1.43. The number of halogens is 1. The van der Waals surface area contributed by atoms with Crippen molar-refractivity contribution in [3.05, 3.63) is 28.2 Å². The average molecular weight is 286 g/mol. The van der Waals surface area contributed by atoms with E-state index in [9.17, 15) is 0 Å². The monoisotopic (exact) mass is 285 g/mol. The summed E-state index contributed by atoms with van der Waals surface area (Å²) in [7, 11) is 0. The van der Waals surface area contributed by atoms with Crippen molar-refractivity contribution in [3.8, 4) is 0 Å². The lowest BCUT2D eigenvalue weighted by Gasteiger charge is -2.10. The van der Waals surface area contributed by atoms with E-state index in [2.05, 4.69) is 33.3 Å². The molecular weight excluding hydrogens is 270 g/mol. The number of oxime groups is 1. The number of nitrogens with one attached hydrogen (secondary N) is 1. The van der Waals surface area contributed by atoms with Crippen molar-refractivity contribution in [1.29, 1.82) is 0 Å². The lowest BCUT2D eigenvalue weighted by atomic mass is 10.2. The summed E-state index contributed by atoms with van der Waals surface area (Å²) in [6, 6.07) is 6.03. The largest absolute Gasteiger partial charge is 0.409 e. The number of nitrogens with zero attached hydrogens (tertiary/aromatic N) is 1. The lowest BCUT2D eigenvalue weighted by Crippen LogP contribution is -2.13. The highest BCUT2D eigenvalue weighted by Crippen LogP contribution is 2.23. The van der Waals surface area contributed by atoms with Crippen molar-refractivity contribution in [2.75, 3.05) is 11.9 Å². The van der Waals surface area contributed by atoms with E-state index in [0.717, 1.165) is 23.1 Å². The summed E-state index contributed by atoms with van der Waals surface area (Å²) in [4.78, 5) is 0. The molecule has 0 aliphatic rings. The molecule has 0 amide bonds. The van der Waals surface area contributed by atoms with Crippen LogP contribution in [0.3, 0.4) is 0 Å². The first-order valence-corrected chi connectivity index (χ1v) is 5.90. The van der Waals surface area contributed by atoms with Crippen molar-refractivity contribution in [2.45, 2.75) is 19.8 Å². The van der Waals surface area contributed by atoms with Crippen molar-refractivity contribution in [2.24, 2.45) is 10.9 Å². The third-order valence-corrected chi connectivity index (χ3v) is 3.18. The number of nitrogens with two attached hydrogens (primary N) is 1. The fraction of sp³-hybridized carbons (Fsp3) is 0.364. The molecule has 16 heavy (non-hydrogen) atoms. The van der Waals surface area contributed by atoms with E-state index >= 15 is 0 Å². The van der Waals surface area contributed by atoms with Gasteiger partial charge in [0.2, 0.25) is 0 Å². The number of hydrogen-bond acceptors (Lipinski definition) is 3. The molecular formula is C11H16BrN3O. The topological polar surface area (TPSA) is 70.6 Å². The lowest BCUT2D eigenvalue weighted by molar-refractivity contribution is 0.316. The number of hydrogen-bond donors (Lipinski definition) is 3. The molecule has 1 rings (SSSR count). The van der Waals surface area contributed by atoms with Crippen LogP contribution in [0.1, 0.15) is 18.4 Å². The quantitative estimate of drug-likeness (QED) is 0.256. The highest BCUT2D eigenvalue weighted by atomic mass is 79.9. The Hall–Kier alpha value is -1.23. The van der Waals surface area contributed by atoms with E-state index in [4.69, 9.17) is 10.9 Å². The Morgan fingerprint density at radius 3 is 3.00 bits per heavy atom.